The minimum absolute atomic E-state index is 0.0225. The van der Waals surface area contributed by atoms with Crippen molar-refractivity contribution in [2.24, 2.45) is 0 Å². The Bertz CT molecular complexity index is 1120. The van der Waals surface area contributed by atoms with E-state index < -0.39 is 6.04 Å². The van der Waals surface area contributed by atoms with Gasteiger partial charge in [0.25, 0.3) is 5.91 Å². The Labute approximate surface area is 187 Å². The number of hydrogen-bond acceptors (Lipinski definition) is 3. The number of anilines is 2. The highest BCUT2D eigenvalue weighted by Crippen LogP contribution is 2.37. The first kappa shape index (κ1) is 21.2. The topological polar surface area (TPSA) is 40.6 Å². The lowest BCUT2D eigenvalue weighted by molar-refractivity contribution is -0.128. The highest BCUT2D eigenvalue weighted by Gasteiger charge is 2.42. The summed E-state index contributed by atoms with van der Waals surface area (Å²) >= 11 is 1.65. The summed E-state index contributed by atoms with van der Waals surface area (Å²) < 4.78 is 0. The summed E-state index contributed by atoms with van der Waals surface area (Å²) in [6, 6.07) is 20.8. The number of nitrogens with zero attached hydrogens (tertiary/aromatic N) is 2. The van der Waals surface area contributed by atoms with Gasteiger partial charge in [0.1, 0.15) is 12.6 Å². The predicted octanol–water partition coefficient (Wildman–Crippen LogP) is 5.45. The Morgan fingerprint density at radius 1 is 0.871 bits per heavy atom. The molecule has 4 nitrogen and oxygen atoms in total. The van der Waals surface area contributed by atoms with E-state index in [2.05, 4.69) is 0 Å². The number of rotatable bonds is 4. The van der Waals surface area contributed by atoms with E-state index in [-0.39, 0.29) is 18.4 Å². The number of benzene rings is 3. The second kappa shape index (κ2) is 8.60. The van der Waals surface area contributed by atoms with Gasteiger partial charge in [-0.15, -0.1) is 11.8 Å². The molecule has 0 aromatic heterocycles. The van der Waals surface area contributed by atoms with Crippen molar-refractivity contribution < 1.29 is 9.59 Å². The Hall–Kier alpha value is -3.05. The van der Waals surface area contributed by atoms with Crippen molar-refractivity contribution in [1.82, 2.24) is 0 Å². The Morgan fingerprint density at radius 3 is 2.19 bits per heavy atom. The molecule has 0 saturated carbocycles. The van der Waals surface area contributed by atoms with Gasteiger partial charge in [-0.3, -0.25) is 14.5 Å². The quantitative estimate of drug-likeness (QED) is 0.517. The van der Waals surface area contributed by atoms with E-state index in [0.717, 1.165) is 38.5 Å². The van der Waals surface area contributed by atoms with Crippen molar-refractivity contribution >= 4 is 35.0 Å². The van der Waals surface area contributed by atoms with E-state index in [4.69, 9.17) is 0 Å². The molecule has 4 rings (SSSR count). The summed E-state index contributed by atoms with van der Waals surface area (Å²) in [5.74, 6) is -0.186. The van der Waals surface area contributed by atoms with Crippen LogP contribution in [0.1, 0.15) is 28.3 Å². The summed E-state index contributed by atoms with van der Waals surface area (Å²) in [5, 5.41) is 0. The van der Waals surface area contributed by atoms with Crippen LogP contribution in [-0.2, 0) is 9.59 Å². The normalized spacial score (nSPS) is 16.7. The molecule has 5 heteroatoms. The fourth-order valence-electron chi connectivity index (χ4n) is 3.98. The molecule has 1 atom stereocenters. The number of piperazine rings is 1. The molecule has 0 spiro atoms. The summed E-state index contributed by atoms with van der Waals surface area (Å²) in [7, 11) is 0. The van der Waals surface area contributed by atoms with Gasteiger partial charge < -0.3 is 4.90 Å². The third-order valence-corrected chi connectivity index (χ3v) is 6.68. The molecule has 31 heavy (non-hydrogen) atoms. The van der Waals surface area contributed by atoms with E-state index in [1.54, 1.807) is 21.6 Å². The van der Waals surface area contributed by atoms with Crippen LogP contribution in [0.2, 0.25) is 0 Å². The van der Waals surface area contributed by atoms with Crippen molar-refractivity contribution in [3.63, 3.8) is 0 Å². The van der Waals surface area contributed by atoms with Crippen LogP contribution in [0.4, 0.5) is 11.4 Å². The van der Waals surface area contributed by atoms with Crippen molar-refractivity contribution in [3.8, 4) is 0 Å². The van der Waals surface area contributed by atoms with Crippen molar-refractivity contribution in [2.45, 2.75) is 31.7 Å². The molecule has 1 heterocycles. The van der Waals surface area contributed by atoms with E-state index in [1.165, 1.54) is 0 Å². The van der Waals surface area contributed by atoms with Gasteiger partial charge in [-0.1, -0.05) is 42.0 Å². The fourth-order valence-corrected chi connectivity index (χ4v) is 4.39. The molecule has 1 unspecified atom stereocenters. The Morgan fingerprint density at radius 2 is 1.55 bits per heavy atom. The minimum atomic E-state index is -0.709. The average molecular weight is 431 g/mol. The number of amides is 2. The molecule has 0 N–H and O–H groups in total. The molecule has 3 aromatic rings. The van der Waals surface area contributed by atoms with Crippen molar-refractivity contribution in [3.05, 3.63) is 89.0 Å². The van der Waals surface area contributed by atoms with E-state index >= 15 is 0 Å². The molecule has 2 amide bonds. The minimum Gasteiger partial charge on any atom is -0.301 e. The van der Waals surface area contributed by atoms with Crippen LogP contribution in [0.25, 0.3) is 0 Å². The van der Waals surface area contributed by atoms with Crippen LogP contribution in [0, 0.1) is 20.8 Å². The summed E-state index contributed by atoms with van der Waals surface area (Å²) in [6.45, 7) is 6.05. The summed E-state index contributed by atoms with van der Waals surface area (Å²) in [4.78, 5) is 31.7. The molecule has 0 radical (unpaired) electrons. The zero-order valence-corrected chi connectivity index (χ0v) is 19.1. The predicted molar refractivity (Wildman–Crippen MR) is 128 cm³/mol. The molecule has 158 valence electrons. The first-order valence-electron chi connectivity index (χ1n) is 10.3. The van der Waals surface area contributed by atoms with Crippen molar-refractivity contribution in [2.75, 3.05) is 22.6 Å². The van der Waals surface area contributed by atoms with Crippen molar-refractivity contribution in [1.29, 1.82) is 0 Å². The molecule has 0 bridgehead atoms. The molecule has 1 aliphatic rings. The summed E-state index contributed by atoms with van der Waals surface area (Å²) in [5.41, 5.74) is 5.57. The van der Waals surface area contributed by atoms with Crippen LogP contribution >= 0.6 is 11.8 Å². The standard InChI is InChI=1S/C26H26N2O2S/c1-17-8-12-21(13-9-17)27-16-24(29)28(23-7-5-6-18(2)19(23)3)25(26(27)30)20-10-14-22(31-4)15-11-20/h5-15,25H,16H2,1-4H3. The molecular formula is C26H26N2O2S. The van der Waals surface area contributed by atoms with Gasteiger partial charge in [0, 0.05) is 16.3 Å². The SMILES string of the molecule is CSc1ccc(C2C(=O)N(c3ccc(C)cc3)CC(=O)N2c2cccc(C)c2C)cc1. The summed E-state index contributed by atoms with van der Waals surface area (Å²) in [6.07, 6.45) is 2.02. The van der Waals surface area contributed by atoms with Crippen LogP contribution in [0.3, 0.4) is 0 Å². The lowest BCUT2D eigenvalue weighted by Crippen LogP contribution is -2.56. The lowest BCUT2D eigenvalue weighted by Gasteiger charge is -2.41. The first-order valence-corrected chi connectivity index (χ1v) is 11.5. The third kappa shape index (κ3) is 3.98. The van der Waals surface area contributed by atoms with E-state index in [0.29, 0.717) is 0 Å². The second-order valence-electron chi connectivity index (χ2n) is 7.92. The molecule has 1 fully saturated rings. The van der Waals surface area contributed by atoms with Gasteiger partial charge >= 0.3 is 0 Å². The van der Waals surface area contributed by atoms with Gasteiger partial charge in [0.05, 0.1) is 0 Å². The van der Waals surface area contributed by atoms with Crippen LogP contribution < -0.4 is 9.80 Å². The van der Waals surface area contributed by atoms with E-state index in [1.807, 2.05) is 93.8 Å². The maximum atomic E-state index is 13.8. The molecule has 3 aromatic carbocycles. The van der Waals surface area contributed by atoms with E-state index in [9.17, 15) is 9.59 Å². The fraction of sp³-hybridized carbons (Fsp3) is 0.231. The number of hydrogen-bond donors (Lipinski definition) is 0. The Kier molecular flexibility index (Phi) is 5.88. The van der Waals surface area contributed by atoms with Gasteiger partial charge in [-0.05, 0) is 74.0 Å². The number of carbonyl (C=O) groups excluding carboxylic acids is 2. The zero-order valence-electron chi connectivity index (χ0n) is 18.3. The maximum Gasteiger partial charge on any atom is 0.255 e. The average Bonchev–Trinajstić information content (AvgIpc) is 2.78. The molecular weight excluding hydrogens is 404 g/mol. The lowest BCUT2D eigenvalue weighted by atomic mass is 9.97. The monoisotopic (exact) mass is 430 g/mol. The zero-order chi connectivity index (χ0) is 22.1. The second-order valence-corrected chi connectivity index (χ2v) is 8.80. The van der Waals surface area contributed by atoms with Gasteiger partial charge in [0.2, 0.25) is 5.91 Å². The highest BCUT2D eigenvalue weighted by atomic mass is 32.2. The number of thioether (sulfide) groups is 1. The van der Waals surface area contributed by atoms with Crippen LogP contribution in [0.5, 0.6) is 0 Å². The number of aryl methyl sites for hydroxylation is 2. The molecule has 0 aliphatic carbocycles. The third-order valence-electron chi connectivity index (χ3n) is 5.93. The Balaban J connectivity index is 1.84. The van der Waals surface area contributed by atoms with Gasteiger partial charge in [-0.25, -0.2) is 0 Å². The molecule has 1 aliphatic heterocycles. The number of carbonyl (C=O) groups is 2. The maximum absolute atomic E-state index is 13.8. The van der Waals surface area contributed by atoms with Crippen LogP contribution in [-0.4, -0.2) is 24.6 Å². The molecule has 1 saturated heterocycles. The largest absolute Gasteiger partial charge is 0.301 e. The highest BCUT2D eigenvalue weighted by molar-refractivity contribution is 7.98. The first-order chi connectivity index (χ1) is 14.9. The smallest absolute Gasteiger partial charge is 0.255 e. The van der Waals surface area contributed by atoms with Crippen LogP contribution in [0.15, 0.2) is 71.6 Å². The van der Waals surface area contributed by atoms with Gasteiger partial charge in [-0.2, -0.15) is 0 Å². The van der Waals surface area contributed by atoms with Gasteiger partial charge in [0.15, 0.2) is 0 Å².